The van der Waals surface area contributed by atoms with Crippen LogP contribution in [0.3, 0.4) is 0 Å². The fourth-order valence-corrected chi connectivity index (χ4v) is 4.60. The summed E-state index contributed by atoms with van der Waals surface area (Å²) in [5.41, 5.74) is 5.00. The largest absolute Gasteiger partial charge is 0.294 e. The van der Waals surface area contributed by atoms with E-state index in [0.717, 1.165) is 28.7 Å². The van der Waals surface area contributed by atoms with Crippen LogP contribution in [0.25, 0.3) is 0 Å². The minimum atomic E-state index is -0.591. The first-order valence-corrected chi connectivity index (χ1v) is 9.33. The van der Waals surface area contributed by atoms with E-state index in [9.17, 15) is 9.59 Å². The first-order valence-electron chi connectivity index (χ1n) is 9.33. The molecule has 0 saturated heterocycles. The Balaban J connectivity index is 1.82. The minimum absolute atomic E-state index is 0.0151. The molecule has 3 rings (SSSR count). The lowest BCUT2D eigenvalue weighted by Gasteiger charge is -2.18. The standard InChI is InChI=1S/C22H28O2/c1-14-10-15(2)20(16(3)11-14)21-19(23)13-18(22(21)24)12-17-8-6-4-5-7-9-17/h10-11,13,17,21H,4-9,12H2,1-3H3. The first-order chi connectivity index (χ1) is 11.5. The smallest absolute Gasteiger partial charge is 0.174 e. The number of Topliss-reactive ketones (excluding diaryl/α,β-unsaturated/α-hetero) is 1. The number of allylic oxidation sites excluding steroid dienone is 2. The summed E-state index contributed by atoms with van der Waals surface area (Å²) in [6.07, 6.45) is 10.00. The van der Waals surface area contributed by atoms with Crippen molar-refractivity contribution < 1.29 is 9.59 Å². The van der Waals surface area contributed by atoms with Crippen LogP contribution in [0.2, 0.25) is 0 Å². The molecule has 0 N–H and O–H groups in total. The molecule has 1 aromatic rings. The molecular formula is C22H28O2. The Morgan fingerprint density at radius 3 is 2.08 bits per heavy atom. The Bertz CT molecular complexity index is 665. The van der Waals surface area contributed by atoms with Crippen LogP contribution in [-0.2, 0) is 9.59 Å². The third-order valence-electron chi connectivity index (χ3n) is 5.69. The van der Waals surface area contributed by atoms with Crippen molar-refractivity contribution in [3.63, 3.8) is 0 Å². The summed E-state index contributed by atoms with van der Waals surface area (Å²) in [4.78, 5) is 25.6. The molecule has 0 heterocycles. The third-order valence-corrected chi connectivity index (χ3v) is 5.69. The lowest BCUT2D eigenvalue weighted by atomic mass is 9.84. The van der Waals surface area contributed by atoms with E-state index in [4.69, 9.17) is 0 Å². The first kappa shape index (κ1) is 17.1. The summed E-state index contributed by atoms with van der Waals surface area (Å²) in [5.74, 6) is 0.0267. The zero-order chi connectivity index (χ0) is 17.3. The van der Waals surface area contributed by atoms with Crippen LogP contribution in [0.5, 0.6) is 0 Å². The molecule has 1 fully saturated rings. The highest BCUT2D eigenvalue weighted by atomic mass is 16.2. The molecule has 128 valence electrons. The lowest BCUT2D eigenvalue weighted by molar-refractivity contribution is -0.123. The third kappa shape index (κ3) is 3.38. The number of hydrogen-bond donors (Lipinski definition) is 0. The van der Waals surface area contributed by atoms with Gasteiger partial charge in [-0.3, -0.25) is 9.59 Å². The second kappa shape index (κ2) is 7.04. The molecule has 0 radical (unpaired) electrons. The number of carbonyl (C=O) groups is 2. The monoisotopic (exact) mass is 324 g/mol. The topological polar surface area (TPSA) is 34.1 Å². The van der Waals surface area contributed by atoms with Gasteiger partial charge in [0.15, 0.2) is 11.6 Å². The molecule has 0 aromatic heterocycles. The summed E-state index contributed by atoms with van der Waals surface area (Å²) < 4.78 is 0. The van der Waals surface area contributed by atoms with Crippen molar-refractivity contribution in [3.05, 3.63) is 46.0 Å². The summed E-state index contributed by atoms with van der Waals surface area (Å²) >= 11 is 0. The molecular weight excluding hydrogens is 296 g/mol. The van der Waals surface area contributed by atoms with E-state index in [-0.39, 0.29) is 11.6 Å². The van der Waals surface area contributed by atoms with Gasteiger partial charge in [0.05, 0.1) is 0 Å². The summed E-state index contributed by atoms with van der Waals surface area (Å²) in [5, 5.41) is 0. The summed E-state index contributed by atoms with van der Waals surface area (Å²) in [6, 6.07) is 4.15. The lowest BCUT2D eigenvalue weighted by Crippen LogP contribution is -2.18. The Morgan fingerprint density at radius 1 is 0.917 bits per heavy atom. The van der Waals surface area contributed by atoms with E-state index in [0.29, 0.717) is 5.92 Å². The molecule has 0 aliphatic heterocycles. The number of rotatable bonds is 3. The van der Waals surface area contributed by atoms with Crippen molar-refractivity contribution in [2.24, 2.45) is 5.92 Å². The van der Waals surface area contributed by atoms with Gasteiger partial charge in [-0.05, 0) is 55.9 Å². The molecule has 0 spiro atoms. The van der Waals surface area contributed by atoms with Crippen LogP contribution in [0.15, 0.2) is 23.8 Å². The molecule has 2 aliphatic carbocycles. The molecule has 1 saturated carbocycles. The van der Waals surface area contributed by atoms with Crippen molar-refractivity contribution in [2.45, 2.75) is 71.6 Å². The highest BCUT2D eigenvalue weighted by Crippen LogP contribution is 2.37. The quantitative estimate of drug-likeness (QED) is 0.570. The van der Waals surface area contributed by atoms with Gasteiger partial charge in [-0.2, -0.15) is 0 Å². The average molecular weight is 324 g/mol. The number of ketones is 2. The van der Waals surface area contributed by atoms with Crippen molar-refractivity contribution >= 4 is 11.6 Å². The van der Waals surface area contributed by atoms with Crippen molar-refractivity contribution in [2.75, 3.05) is 0 Å². The van der Waals surface area contributed by atoms with Gasteiger partial charge in [0.1, 0.15) is 5.92 Å². The Kier molecular flexibility index (Phi) is 5.03. The Labute approximate surface area is 145 Å². The molecule has 2 aliphatic rings. The predicted molar refractivity (Wildman–Crippen MR) is 97.3 cm³/mol. The molecule has 24 heavy (non-hydrogen) atoms. The maximum atomic E-state index is 13.0. The van der Waals surface area contributed by atoms with Crippen LogP contribution in [0, 0.1) is 26.7 Å². The second-order valence-corrected chi connectivity index (χ2v) is 7.74. The van der Waals surface area contributed by atoms with Crippen LogP contribution >= 0.6 is 0 Å². The number of hydrogen-bond acceptors (Lipinski definition) is 2. The Hall–Kier alpha value is -1.70. The summed E-state index contributed by atoms with van der Waals surface area (Å²) in [6.45, 7) is 6.08. The number of carbonyl (C=O) groups excluding carboxylic acids is 2. The normalized spacial score (nSPS) is 22.6. The zero-order valence-electron chi connectivity index (χ0n) is 15.2. The maximum Gasteiger partial charge on any atom is 0.174 e. The van der Waals surface area contributed by atoms with Crippen LogP contribution in [0.1, 0.15) is 73.1 Å². The highest BCUT2D eigenvalue weighted by Gasteiger charge is 2.37. The van der Waals surface area contributed by atoms with Gasteiger partial charge in [0, 0.05) is 5.57 Å². The van der Waals surface area contributed by atoms with E-state index in [2.05, 4.69) is 19.1 Å². The predicted octanol–water partition coefficient (Wildman–Crippen LogP) is 5.13. The highest BCUT2D eigenvalue weighted by molar-refractivity contribution is 6.25. The van der Waals surface area contributed by atoms with Gasteiger partial charge in [-0.25, -0.2) is 0 Å². The number of aryl methyl sites for hydroxylation is 3. The zero-order valence-corrected chi connectivity index (χ0v) is 15.2. The van der Waals surface area contributed by atoms with Gasteiger partial charge < -0.3 is 0 Å². The van der Waals surface area contributed by atoms with Gasteiger partial charge in [-0.1, -0.05) is 56.2 Å². The van der Waals surface area contributed by atoms with Crippen LogP contribution in [0.4, 0.5) is 0 Å². The SMILES string of the molecule is Cc1cc(C)c(C2C(=O)C=C(CC3CCCCCC3)C2=O)c(C)c1. The van der Waals surface area contributed by atoms with Crippen LogP contribution < -0.4 is 0 Å². The van der Waals surface area contributed by atoms with Gasteiger partial charge in [0.25, 0.3) is 0 Å². The minimum Gasteiger partial charge on any atom is -0.294 e. The van der Waals surface area contributed by atoms with Crippen molar-refractivity contribution in [3.8, 4) is 0 Å². The molecule has 1 atom stereocenters. The summed E-state index contributed by atoms with van der Waals surface area (Å²) in [7, 11) is 0. The molecule has 2 heteroatoms. The van der Waals surface area contributed by atoms with E-state index in [1.807, 2.05) is 13.8 Å². The van der Waals surface area contributed by atoms with Crippen LogP contribution in [-0.4, -0.2) is 11.6 Å². The van der Waals surface area contributed by atoms with E-state index in [1.165, 1.54) is 44.1 Å². The van der Waals surface area contributed by atoms with Gasteiger partial charge in [-0.15, -0.1) is 0 Å². The van der Waals surface area contributed by atoms with Crippen molar-refractivity contribution in [1.82, 2.24) is 0 Å². The van der Waals surface area contributed by atoms with Gasteiger partial charge in [0.2, 0.25) is 0 Å². The molecule has 1 unspecified atom stereocenters. The van der Waals surface area contributed by atoms with Crippen molar-refractivity contribution in [1.29, 1.82) is 0 Å². The molecule has 0 bridgehead atoms. The Morgan fingerprint density at radius 2 is 1.50 bits per heavy atom. The number of benzene rings is 1. The average Bonchev–Trinajstić information content (AvgIpc) is 2.70. The van der Waals surface area contributed by atoms with Gasteiger partial charge >= 0.3 is 0 Å². The molecule has 1 aromatic carbocycles. The van der Waals surface area contributed by atoms with E-state index < -0.39 is 5.92 Å². The fourth-order valence-electron chi connectivity index (χ4n) is 4.60. The maximum absolute atomic E-state index is 13.0. The fraction of sp³-hybridized carbons (Fsp3) is 0.545. The molecule has 2 nitrogen and oxygen atoms in total. The molecule has 0 amide bonds. The van der Waals surface area contributed by atoms with E-state index >= 15 is 0 Å². The second-order valence-electron chi connectivity index (χ2n) is 7.74. The van der Waals surface area contributed by atoms with E-state index in [1.54, 1.807) is 6.08 Å².